The van der Waals surface area contributed by atoms with Crippen molar-refractivity contribution in [2.45, 2.75) is 32.4 Å². The molecule has 0 amide bonds. The van der Waals surface area contributed by atoms with Crippen LogP contribution in [-0.4, -0.2) is 23.8 Å². The Morgan fingerprint density at radius 3 is 3.00 bits per heavy atom. The fourth-order valence-corrected chi connectivity index (χ4v) is 2.35. The third-order valence-electron chi connectivity index (χ3n) is 3.44. The van der Waals surface area contributed by atoms with Crippen LogP contribution < -0.4 is 10.1 Å². The molecule has 0 bridgehead atoms. The number of hydrogen-bond donors (Lipinski definition) is 1. The van der Waals surface area contributed by atoms with E-state index in [1.165, 1.54) is 23.7 Å². The van der Waals surface area contributed by atoms with Crippen LogP contribution in [0.25, 0.3) is 10.9 Å². The molecule has 1 saturated carbocycles. The number of hydrogen-bond acceptors (Lipinski definition) is 2. The summed E-state index contributed by atoms with van der Waals surface area (Å²) in [6.45, 7) is 4.81. The average molecular weight is 244 g/mol. The van der Waals surface area contributed by atoms with Crippen LogP contribution in [0.15, 0.2) is 30.5 Å². The van der Waals surface area contributed by atoms with Crippen molar-refractivity contribution in [3.63, 3.8) is 0 Å². The van der Waals surface area contributed by atoms with Crippen LogP contribution in [0.4, 0.5) is 0 Å². The summed E-state index contributed by atoms with van der Waals surface area (Å²) >= 11 is 0. The Kier molecular flexibility index (Phi) is 3.24. The molecular weight excluding hydrogens is 224 g/mol. The summed E-state index contributed by atoms with van der Waals surface area (Å²) in [7, 11) is 0. The normalized spacial score (nSPS) is 15.2. The highest BCUT2D eigenvalue weighted by Gasteiger charge is 2.19. The van der Waals surface area contributed by atoms with Crippen molar-refractivity contribution in [2.24, 2.45) is 0 Å². The van der Waals surface area contributed by atoms with Gasteiger partial charge < -0.3 is 14.6 Å². The molecule has 1 aliphatic carbocycles. The predicted octanol–water partition coefficient (Wildman–Crippen LogP) is 2.79. The van der Waals surface area contributed by atoms with E-state index in [9.17, 15) is 0 Å². The zero-order chi connectivity index (χ0) is 12.4. The van der Waals surface area contributed by atoms with Gasteiger partial charge in [-0.05, 0) is 38.0 Å². The fraction of sp³-hybridized carbons (Fsp3) is 0.467. The molecule has 1 heterocycles. The molecule has 3 heteroatoms. The van der Waals surface area contributed by atoms with E-state index in [-0.39, 0.29) is 0 Å². The number of ether oxygens (including phenoxy) is 1. The summed E-state index contributed by atoms with van der Waals surface area (Å²) in [6, 6.07) is 9.20. The quantitative estimate of drug-likeness (QED) is 0.845. The van der Waals surface area contributed by atoms with Crippen LogP contribution in [0.3, 0.4) is 0 Å². The molecule has 0 saturated heterocycles. The van der Waals surface area contributed by atoms with Crippen LogP contribution >= 0.6 is 0 Å². The molecule has 3 rings (SSSR count). The first kappa shape index (κ1) is 11.6. The standard InChI is InChI=1S/C15H20N2O/c1-2-18-15-5-3-4-14-13(15)8-10-17(14)11-9-16-12-6-7-12/h3-5,8,10,12,16H,2,6-7,9,11H2,1H3. The van der Waals surface area contributed by atoms with E-state index in [1.54, 1.807) is 0 Å². The Morgan fingerprint density at radius 1 is 1.33 bits per heavy atom. The van der Waals surface area contributed by atoms with Crippen molar-refractivity contribution < 1.29 is 4.74 Å². The second-order valence-corrected chi connectivity index (χ2v) is 4.86. The lowest BCUT2D eigenvalue weighted by molar-refractivity contribution is 0.344. The molecule has 0 radical (unpaired) electrons. The summed E-state index contributed by atoms with van der Waals surface area (Å²) in [5.74, 6) is 0.990. The predicted molar refractivity (Wildman–Crippen MR) is 74.1 cm³/mol. The highest BCUT2D eigenvalue weighted by atomic mass is 16.5. The molecule has 96 valence electrons. The molecule has 0 aliphatic heterocycles. The summed E-state index contributed by atoms with van der Waals surface area (Å²) in [6.07, 6.45) is 4.85. The van der Waals surface area contributed by atoms with Crippen molar-refractivity contribution in [1.82, 2.24) is 9.88 Å². The molecular formula is C15H20N2O. The Balaban J connectivity index is 1.77. The number of fused-ring (bicyclic) bond motifs is 1. The molecule has 0 atom stereocenters. The monoisotopic (exact) mass is 244 g/mol. The van der Waals surface area contributed by atoms with Crippen LogP contribution in [0, 0.1) is 0 Å². The van der Waals surface area contributed by atoms with Gasteiger partial charge in [0.1, 0.15) is 5.75 Å². The van der Waals surface area contributed by atoms with E-state index in [4.69, 9.17) is 4.74 Å². The number of aromatic nitrogens is 1. The number of benzene rings is 1. The van der Waals surface area contributed by atoms with Gasteiger partial charge in [-0.15, -0.1) is 0 Å². The van der Waals surface area contributed by atoms with Gasteiger partial charge in [-0.3, -0.25) is 0 Å². The SMILES string of the molecule is CCOc1cccc2c1ccn2CCNC1CC1. The second kappa shape index (κ2) is 5.02. The van der Waals surface area contributed by atoms with Crippen molar-refractivity contribution in [3.05, 3.63) is 30.5 Å². The van der Waals surface area contributed by atoms with Gasteiger partial charge in [0.15, 0.2) is 0 Å². The number of nitrogens with zero attached hydrogens (tertiary/aromatic N) is 1. The first-order valence-corrected chi connectivity index (χ1v) is 6.82. The van der Waals surface area contributed by atoms with E-state index in [0.29, 0.717) is 6.61 Å². The van der Waals surface area contributed by atoms with Crippen molar-refractivity contribution in [1.29, 1.82) is 0 Å². The summed E-state index contributed by atoms with van der Waals surface area (Å²) in [4.78, 5) is 0. The number of nitrogens with one attached hydrogen (secondary N) is 1. The van der Waals surface area contributed by atoms with Gasteiger partial charge in [-0.25, -0.2) is 0 Å². The Morgan fingerprint density at radius 2 is 2.22 bits per heavy atom. The molecule has 0 spiro atoms. The fourth-order valence-electron chi connectivity index (χ4n) is 2.35. The Hall–Kier alpha value is -1.48. The van der Waals surface area contributed by atoms with Gasteiger partial charge in [-0.1, -0.05) is 6.07 Å². The zero-order valence-electron chi connectivity index (χ0n) is 10.9. The minimum Gasteiger partial charge on any atom is -0.493 e. The lowest BCUT2D eigenvalue weighted by Crippen LogP contribution is -2.21. The Labute approximate surface area is 108 Å². The maximum Gasteiger partial charge on any atom is 0.128 e. The van der Waals surface area contributed by atoms with E-state index < -0.39 is 0 Å². The molecule has 3 nitrogen and oxygen atoms in total. The van der Waals surface area contributed by atoms with Crippen molar-refractivity contribution in [2.75, 3.05) is 13.2 Å². The van der Waals surface area contributed by atoms with Crippen LogP contribution in [0.2, 0.25) is 0 Å². The van der Waals surface area contributed by atoms with E-state index in [2.05, 4.69) is 34.3 Å². The van der Waals surface area contributed by atoms with Gasteiger partial charge in [0, 0.05) is 30.7 Å². The smallest absolute Gasteiger partial charge is 0.128 e. The molecule has 2 aromatic rings. The molecule has 1 fully saturated rings. The van der Waals surface area contributed by atoms with E-state index in [0.717, 1.165) is 24.9 Å². The maximum absolute atomic E-state index is 5.66. The van der Waals surface area contributed by atoms with Crippen LogP contribution in [-0.2, 0) is 6.54 Å². The third-order valence-corrected chi connectivity index (χ3v) is 3.44. The van der Waals surface area contributed by atoms with Gasteiger partial charge in [0.25, 0.3) is 0 Å². The highest BCUT2D eigenvalue weighted by Crippen LogP contribution is 2.26. The van der Waals surface area contributed by atoms with Crippen LogP contribution in [0.1, 0.15) is 19.8 Å². The molecule has 1 aromatic heterocycles. The maximum atomic E-state index is 5.66. The molecule has 18 heavy (non-hydrogen) atoms. The molecule has 1 N–H and O–H groups in total. The lowest BCUT2D eigenvalue weighted by Gasteiger charge is -2.08. The first-order valence-electron chi connectivity index (χ1n) is 6.82. The average Bonchev–Trinajstić information content (AvgIpc) is 3.11. The lowest BCUT2D eigenvalue weighted by atomic mass is 10.2. The molecule has 1 aromatic carbocycles. The number of rotatable bonds is 6. The van der Waals surface area contributed by atoms with Crippen molar-refractivity contribution >= 4 is 10.9 Å². The van der Waals surface area contributed by atoms with E-state index in [1.807, 2.05) is 13.0 Å². The topological polar surface area (TPSA) is 26.2 Å². The highest BCUT2D eigenvalue weighted by molar-refractivity contribution is 5.86. The van der Waals surface area contributed by atoms with Gasteiger partial charge in [0.2, 0.25) is 0 Å². The second-order valence-electron chi connectivity index (χ2n) is 4.86. The van der Waals surface area contributed by atoms with Crippen molar-refractivity contribution in [3.8, 4) is 5.75 Å². The minimum absolute atomic E-state index is 0.716. The van der Waals surface area contributed by atoms with Crippen LogP contribution in [0.5, 0.6) is 5.75 Å². The van der Waals surface area contributed by atoms with Gasteiger partial charge >= 0.3 is 0 Å². The summed E-state index contributed by atoms with van der Waals surface area (Å²) in [5.41, 5.74) is 1.26. The minimum atomic E-state index is 0.716. The third kappa shape index (κ3) is 2.36. The molecule has 0 unspecified atom stereocenters. The first-order chi connectivity index (χ1) is 8.88. The largest absolute Gasteiger partial charge is 0.493 e. The summed E-state index contributed by atoms with van der Waals surface area (Å²) < 4.78 is 7.96. The van der Waals surface area contributed by atoms with E-state index >= 15 is 0 Å². The molecule has 1 aliphatic rings. The summed E-state index contributed by atoms with van der Waals surface area (Å²) in [5, 5.41) is 4.76. The Bertz CT molecular complexity index is 528. The zero-order valence-corrected chi connectivity index (χ0v) is 10.9. The van der Waals surface area contributed by atoms with Gasteiger partial charge in [-0.2, -0.15) is 0 Å². The van der Waals surface area contributed by atoms with Gasteiger partial charge in [0.05, 0.1) is 12.1 Å².